The summed E-state index contributed by atoms with van der Waals surface area (Å²) in [5, 5.41) is 1.27. The maximum absolute atomic E-state index is 12.5. The summed E-state index contributed by atoms with van der Waals surface area (Å²) in [7, 11) is 0. The topological polar surface area (TPSA) is 38.9 Å². The van der Waals surface area contributed by atoms with E-state index in [0.717, 1.165) is 12.1 Å². The Balaban J connectivity index is 0.00000162. The van der Waals surface area contributed by atoms with Crippen LogP contribution in [0.4, 0.5) is 18.2 Å². The predicted octanol–water partition coefficient (Wildman–Crippen LogP) is 3.76. The number of thiazole rings is 1. The van der Waals surface area contributed by atoms with Crippen molar-refractivity contribution in [2.24, 2.45) is 0 Å². The molecule has 1 aromatic carbocycles. The molecule has 98 valence electrons. The zero-order valence-corrected chi connectivity index (χ0v) is 10.7. The second kappa shape index (κ2) is 5.58. The van der Waals surface area contributed by atoms with Crippen LogP contribution in [0.2, 0.25) is 0 Å². The van der Waals surface area contributed by atoms with Crippen LogP contribution in [0.1, 0.15) is 16.1 Å². The molecule has 18 heavy (non-hydrogen) atoms. The number of alkyl halides is 3. The third-order valence-corrected chi connectivity index (χ3v) is 3.01. The Morgan fingerprint density at radius 1 is 1.28 bits per heavy atom. The molecule has 0 unspecified atom stereocenters. The van der Waals surface area contributed by atoms with E-state index in [1.54, 1.807) is 6.07 Å². The number of nitrogens with two attached hydrogens (primary N) is 1. The van der Waals surface area contributed by atoms with E-state index in [2.05, 4.69) is 4.98 Å². The van der Waals surface area contributed by atoms with Crippen molar-refractivity contribution < 1.29 is 13.2 Å². The third-order valence-electron chi connectivity index (χ3n) is 2.18. The highest BCUT2D eigenvalue weighted by molar-refractivity contribution is 7.15. The van der Waals surface area contributed by atoms with Gasteiger partial charge in [-0.2, -0.15) is 13.2 Å². The second-order valence-corrected chi connectivity index (χ2v) is 4.68. The van der Waals surface area contributed by atoms with E-state index in [0.29, 0.717) is 22.0 Å². The van der Waals surface area contributed by atoms with Gasteiger partial charge in [-0.3, -0.25) is 0 Å². The average Bonchev–Trinajstić information content (AvgIpc) is 2.63. The first-order chi connectivity index (χ1) is 7.95. The van der Waals surface area contributed by atoms with Crippen molar-refractivity contribution in [1.82, 2.24) is 4.98 Å². The molecular formula is C11H10ClF3N2S. The van der Waals surface area contributed by atoms with Crippen LogP contribution < -0.4 is 5.73 Å². The molecule has 0 saturated carbocycles. The smallest absolute Gasteiger partial charge is 0.389 e. The standard InChI is InChI=1S/C11H9F3N2S.ClH/c12-11(13,14)8-3-1-2-7(4-8)5-10-16-6-9(15)17-10;/h1-4,6H,5,15H2;1H. The van der Waals surface area contributed by atoms with Crippen molar-refractivity contribution in [2.45, 2.75) is 12.6 Å². The quantitative estimate of drug-likeness (QED) is 0.916. The van der Waals surface area contributed by atoms with Gasteiger partial charge in [-0.25, -0.2) is 4.98 Å². The number of aromatic nitrogens is 1. The Morgan fingerprint density at radius 2 is 2.00 bits per heavy atom. The molecule has 2 nitrogen and oxygen atoms in total. The number of hydrogen-bond donors (Lipinski definition) is 1. The van der Waals surface area contributed by atoms with E-state index in [1.165, 1.54) is 23.6 Å². The fourth-order valence-electron chi connectivity index (χ4n) is 1.44. The zero-order chi connectivity index (χ0) is 12.5. The predicted molar refractivity (Wildman–Crippen MR) is 68.0 cm³/mol. The maximum atomic E-state index is 12.5. The van der Waals surface area contributed by atoms with Crippen LogP contribution in [-0.4, -0.2) is 4.98 Å². The van der Waals surface area contributed by atoms with Crippen molar-refractivity contribution in [1.29, 1.82) is 0 Å². The molecule has 0 bridgehead atoms. The number of benzene rings is 1. The lowest BCUT2D eigenvalue weighted by Crippen LogP contribution is -2.05. The summed E-state index contributed by atoms with van der Waals surface area (Å²) in [6, 6.07) is 5.24. The Morgan fingerprint density at radius 3 is 2.56 bits per heavy atom. The molecule has 2 rings (SSSR count). The number of halogens is 4. The van der Waals surface area contributed by atoms with Crippen LogP contribution in [0.5, 0.6) is 0 Å². The van der Waals surface area contributed by atoms with Gasteiger partial charge in [-0.1, -0.05) is 18.2 Å². The number of hydrogen-bond acceptors (Lipinski definition) is 3. The minimum Gasteiger partial charge on any atom is -0.389 e. The molecule has 0 amide bonds. The summed E-state index contributed by atoms with van der Waals surface area (Å²) in [5.41, 5.74) is 5.45. The van der Waals surface area contributed by atoms with E-state index in [-0.39, 0.29) is 12.4 Å². The molecule has 1 aromatic heterocycles. The van der Waals surface area contributed by atoms with Gasteiger partial charge in [-0.05, 0) is 11.6 Å². The molecule has 0 atom stereocenters. The lowest BCUT2D eigenvalue weighted by atomic mass is 10.1. The van der Waals surface area contributed by atoms with Gasteiger partial charge in [0.25, 0.3) is 0 Å². The van der Waals surface area contributed by atoms with Crippen LogP contribution in [0, 0.1) is 0 Å². The molecule has 0 spiro atoms. The molecule has 2 N–H and O–H groups in total. The minimum atomic E-state index is -4.31. The Kier molecular flexibility index (Phi) is 4.59. The summed E-state index contributed by atoms with van der Waals surface area (Å²) in [6.45, 7) is 0. The van der Waals surface area contributed by atoms with E-state index < -0.39 is 11.7 Å². The highest BCUT2D eigenvalue weighted by Gasteiger charge is 2.30. The number of anilines is 1. The molecule has 0 aliphatic carbocycles. The lowest BCUT2D eigenvalue weighted by Gasteiger charge is -2.07. The fourth-order valence-corrected chi connectivity index (χ4v) is 2.16. The van der Waals surface area contributed by atoms with E-state index >= 15 is 0 Å². The normalized spacial score (nSPS) is 11.1. The van der Waals surface area contributed by atoms with Gasteiger partial charge in [0.2, 0.25) is 0 Å². The maximum Gasteiger partial charge on any atom is 0.416 e. The lowest BCUT2D eigenvalue weighted by molar-refractivity contribution is -0.137. The van der Waals surface area contributed by atoms with E-state index in [9.17, 15) is 13.2 Å². The largest absolute Gasteiger partial charge is 0.416 e. The Hall–Kier alpha value is -1.27. The molecule has 7 heteroatoms. The molecule has 0 aliphatic heterocycles. The number of nitrogen functional groups attached to an aromatic ring is 1. The number of nitrogens with zero attached hydrogens (tertiary/aromatic N) is 1. The molecule has 0 fully saturated rings. The highest BCUT2D eigenvalue weighted by atomic mass is 35.5. The van der Waals surface area contributed by atoms with Crippen molar-refractivity contribution in [3.63, 3.8) is 0 Å². The van der Waals surface area contributed by atoms with Crippen LogP contribution in [0.25, 0.3) is 0 Å². The van der Waals surface area contributed by atoms with Crippen molar-refractivity contribution in [3.8, 4) is 0 Å². The molecule has 0 radical (unpaired) electrons. The number of rotatable bonds is 2. The third kappa shape index (κ3) is 3.61. The summed E-state index contributed by atoms with van der Waals surface area (Å²) in [6.07, 6.45) is -2.43. The van der Waals surface area contributed by atoms with Gasteiger partial charge >= 0.3 is 6.18 Å². The first-order valence-electron chi connectivity index (χ1n) is 4.81. The van der Waals surface area contributed by atoms with Gasteiger partial charge in [0.1, 0.15) is 5.00 Å². The second-order valence-electron chi connectivity index (χ2n) is 3.53. The highest BCUT2D eigenvalue weighted by Crippen LogP contribution is 2.30. The minimum absolute atomic E-state index is 0. The summed E-state index contributed by atoms with van der Waals surface area (Å²) in [5.74, 6) is 0. The van der Waals surface area contributed by atoms with Gasteiger partial charge in [-0.15, -0.1) is 23.7 Å². The molecule has 2 aromatic rings. The van der Waals surface area contributed by atoms with Crippen molar-refractivity contribution >= 4 is 28.7 Å². The van der Waals surface area contributed by atoms with Crippen molar-refractivity contribution in [2.75, 3.05) is 5.73 Å². The summed E-state index contributed by atoms with van der Waals surface area (Å²) in [4.78, 5) is 4.02. The van der Waals surface area contributed by atoms with Gasteiger partial charge in [0.15, 0.2) is 0 Å². The summed E-state index contributed by atoms with van der Waals surface area (Å²) < 4.78 is 37.4. The van der Waals surface area contributed by atoms with Crippen LogP contribution in [0.15, 0.2) is 30.5 Å². The van der Waals surface area contributed by atoms with E-state index in [4.69, 9.17) is 5.73 Å². The van der Waals surface area contributed by atoms with Gasteiger partial charge in [0, 0.05) is 6.42 Å². The van der Waals surface area contributed by atoms with Gasteiger partial charge < -0.3 is 5.73 Å². The summed E-state index contributed by atoms with van der Waals surface area (Å²) >= 11 is 1.28. The Bertz CT molecular complexity index is 525. The monoisotopic (exact) mass is 294 g/mol. The first-order valence-corrected chi connectivity index (χ1v) is 5.63. The molecule has 0 saturated heterocycles. The molecular weight excluding hydrogens is 285 g/mol. The SMILES string of the molecule is Cl.Nc1cnc(Cc2cccc(C(F)(F)F)c2)s1. The first kappa shape index (κ1) is 14.8. The van der Waals surface area contributed by atoms with Crippen LogP contribution in [-0.2, 0) is 12.6 Å². The molecule has 0 aliphatic rings. The van der Waals surface area contributed by atoms with Crippen LogP contribution in [0.3, 0.4) is 0 Å². The van der Waals surface area contributed by atoms with Crippen LogP contribution >= 0.6 is 23.7 Å². The fraction of sp³-hybridized carbons (Fsp3) is 0.182. The van der Waals surface area contributed by atoms with Gasteiger partial charge in [0.05, 0.1) is 16.8 Å². The van der Waals surface area contributed by atoms with Crippen molar-refractivity contribution in [3.05, 3.63) is 46.6 Å². The average molecular weight is 295 g/mol. The zero-order valence-electron chi connectivity index (χ0n) is 9.07. The Labute approximate surface area is 112 Å². The van der Waals surface area contributed by atoms with E-state index in [1.807, 2.05) is 0 Å². The molecule has 1 heterocycles.